The van der Waals surface area contributed by atoms with E-state index in [2.05, 4.69) is 9.88 Å². The van der Waals surface area contributed by atoms with Gasteiger partial charge in [0, 0.05) is 82.1 Å². The van der Waals surface area contributed by atoms with Crippen LogP contribution < -0.4 is 44.1 Å². The molecular weight excluding hydrogens is 1510 g/mol. The number of likely N-dealkylation sites (tertiary alicyclic amines) is 2. The number of rotatable bonds is 27. The third kappa shape index (κ3) is 19.8. The normalized spacial score (nSPS) is 15.5. The highest BCUT2D eigenvalue weighted by Gasteiger charge is 2.34. The van der Waals surface area contributed by atoms with Crippen molar-refractivity contribution in [2.45, 2.75) is 110 Å². The van der Waals surface area contributed by atoms with Gasteiger partial charge in [0.1, 0.15) is 52.0 Å². The second kappa shape index (κ2) is 39.0. The molecule has 0 saturated carbocycles. The highest BCUT2D eigenvalue weighted by molar-refractivity contribution is 6.61. The molecule has 6 aromatic carbocycles. The van der Waals surface area contributed by atoms with Gasteiger partial charge >= 0.3 is 20.3 Å². The van der Waals surface area contributed by atoms with Crippen LogP contribution in [0.3, 0.4) is 0 Å². The average Bonchev–Trinajstić information content (AvgIpc) is 1.52. The molecule has 0 radical (unpaired) electrons. The maximum atomic E-state index is 14.5. The van der Waals surface area contributed by atoms with Crippen molar-refractivity contribution in [3.63, 3.8) is 0 Å². The summed E-state index contributed by atoms with van der Waals surface area (Å²) in [5, 5.41) is 39.0. The zero-order valence-electron chi connectivity index (χ0n) is 68.0. The van der Waals surface area contributed by atoms with Crippen molar-refractivity contribution in [3.05, 3.63) is 254 Å². The number of ether oxygens (including phenoxy) is 7. The summed E-state index contributed by atoms with van der Waals surface area (Å²) in [4.78, 5) is 59.9. The van der Waals surface area contributed by atoms with Crippen molar-refractivity contribution in [1.82, 2.24) is 19.4 Å². The molecule has 2 aliphatic heterocycles. The third-order valence-corrected chi connectivity index (χ3v) is 22.5. The van der Waals surface area contributed by atoms with Crippen molar-refractivity contribution >= 4 is 100 Å². The lowest BCUT2D eigenvalue weighted by molar-refractivity contribution is -0.119. The number of methoxy groups -OCH3 is 6. The number of nitrogens with zero attached hydrogens (tertiary/aromatic N) is 4. The minimum absolute atomic E-state index is 0.0790. The molecule has 0 atom stereocenters. The van der Waals surface area contributed by atoms with Crippen LogP contribution in [0.5, 0.6) is 40.2 Å². The number of carbonyl (C=O) groups excluding carboxylic acids is 4. The topological polar surface area (TPSA) is 251 Å². The van der Waals surface area contributed by atoms with E-state index in [9.17, 15) is 52.4 Å². The first-order valence-corrected chi connectivity index (χ1v) is 39.4. The molecular formula is C93H97B2F3N4O16. The number of Topliss-reactive ketones (excluding diaryl/α,β-unsaturated/α-hetero) is 3. The molecule has 3 aliphatic carbocycles. The summed E-state index contributed by atoms with van der Waals surface area (Å²) in [6.07, 6.45) is 19.1. The standard InChI is InChI=1S/C39H44FN3O5.C28H29BFNO5.C26H24BFO6/c1-26-32(13-11-31(44)25-29-9-5-6-16-41-29)35-24-28(40)10-12-33(35)34(26)21-27-22-36(46-2)38(37(23-27)47-3)48-39(45)43-19-14-30(15-20-43)42-17-7-4-8-18-42;1-17-22(10-8-21(32)16-20-6-5-11-31(20)2)25-15-19(30)7-9-23(25)24(17)12-18-13-26(35-3)28(29(33)34)27(14-18)36-4;1-15-18(8-9-22(29)23-5-4-10-34-23)21-14-17(28)6-7-19(21)20(15)11-16-12-24(32-2)26(27(30)31)25(13-16)33-3/h5-6,9-10,12,16,21-24,30H,4,7-8,11,13-15,17-20,25H2,1-3H3;5-7,9,11-15,33-34H,8,10,16H2,1-4H3;4-7,10-14,30-31H,8-9H2,1-3H3/b34-21-;24-12-;20-11-. The van der Waals surface area contributed by atoms with E-state index < -0.39 is 20.3 Å². The van der Waals surface area contributed by atoms with Crippen LogP contribution in [0.25, 0.3) is 51.7 Å². The zero-order valence-corrected chi connectivity index (χ0v) is 68.0. The summed E-state index contributed by atoms with van der Waals surface area (Å²) >= 11 is 0. The number of hydrogen-bond acceptors (Lipinski definition) is 18. The zero-order chi connectivity index (χ0) is 84.0. The highest BCUT2D eigenvalue weighted by Crippen LogP contribution is 2.49. The molecule has 0 unspecified atom stereocenters. The Morgan fingerprint density at radius 1 is 0.500 bits per heavy atom. The quantitative estimate of drug-likeness (QED) is 0.0276. The van der Waals surface area contributed by atoms with Crippen LogP contribution in [0.4, 0.5) is 18.0 Å². The van der Waals surface area contributed by atoms with E-state index in [1.807, 2.05) is 99.3 Å². The van der Waals surface area contributed by atoms with Gasteiger partial charge in [0.2, 0.25) is 5.75 Å². The first kappa shape index (κ1) is 85.6. The van der Waals surface area contributed by atoms with Crippen LogP contribution in [-0.4, -0.2) is 152 Å². The Bertz CT molecular complexity index is 5340. The molecule has 1 amide bonds. The maximum absolute atomic E-state index is 14.5. The predicted molar refractivity (Wildman–Crippen MR) is 453 cm³/mol. The van der Waals surface area contributed by atoms with Crippen LogP contribution in [0.1, 0.15) is 163 Å². The summed E-state index contributed by atoms with van der Waals surface area (Å²) < 4.78 is 88.8. The lowest BCUT2D eigenvalue weighted by Crippen LogP contribution is -2.48. The number of aryl methyl sites for hydroxylation is 1. The molecule has 0 spiro atoms. The van der Waals surface area contributed by atoms with E-state index in [1.165, 1.54) is 105 Å². The lowest BCUT2D eigenvalue weighted by atomic mass is 9.78. The first-order valence-electron chi connectivity index (χ1n) is 39.4. The number of piperidine rings is 2. The molecule has 5 aliphatic rings. The second-order valence-corrected chi connectivity index (χ2v) is 29.7. The van der Waals surface area contributed by atoms with E-state index in [-0.39, 0.29) is 87.3 Å². The molecule has 118 heavy (non-hydrogen) atoms. The largest absolute Gasteiger partial charge is 0.497 e. The van der Waals surface area contributed by atoms with Crippen LogP contribution in [0.2, 0.25) is 0 Å². The van der Waals surface area contributed by atoms with E-state index in [1.54, 1.807) is 65.7 Å². The molecule has 20 nitrogen and oxygen atoms in total. The molecule has 612 valence electrons. The van der Waals surface area contributed by atoms with Gasteiger partial charge in [-0.05, 0) is 306 Å². The van der Waals surface area contributed by atoms with Gasteiger partial charge in [0.15, 0.2) is 23.0 Å². The number of benzene rings is 6. The van der Waals surface area contributed by atoms with Gasteiger partial charge in [-0.15, -0.1) is 0 Å². The Morgan fingerprint density at radius 2 is 0.932 bits per heavy atom. The van der Waals surface area contributed by atoms with Crippen molar-refractivity contribution < 1.29 is 90.0 Å². The molecule has 0 bridgehead atoms. The smallest absolute Gasteiger partial charge is 0.496 e. The van der Waals surface area contributed by atoms with Crippen LogP contribution >= 0.6 is 0 Å². The van der Waals surface area contributed by atoms with Crippen LogP contribution in [0, 0.1) is 17.5 Å². The molecule has 4 N–H and O–H groups in total. The maximum Gasteiger partial charge on any atom is 0.496 e. The first-order chi connectivity index (χ1) is 56.9. The van der Waals surface area contributed by atoms with Crippen molar-refractivity contribution in [1.29, 1.82) is 0 Å². The van der Waals surface area contributed by atoms with E-state index in [4.69, 9.17) is 37.6 Å². The minimum Gasteiger partial charge on any atom is -0.497 e. The number of pyridine rings is 1. The van der Waals surface area contributed by atoms with Crippen LogP contribution in [0.15, 0.2) is 173 Å². The van der Waals surface area contributed by atoms with Crippen molar-refractivity contribution in [2.24, 2.45) is 7.05 Å². The molecule has 25 heteroatoms. The van der Waals surface area contributed by atoms with Gasteiger partial charge in [-0.2, -0.15) is 0 Å². The average molecular weight is 1610 g/mol. The lowest BCUT2D eigenvalue weighted by Gasteiger charge is -2.39. The molecule has 3 aromatic heterocycles. The fraction of sp³-hybridized carbons (Fsp3) is 0.301. The van der Waals surface area contributed by atoms with Crippen molar-refractivity contribution in [2.75, 3.05) is 68.8 Å². The fourth-order valence-electron chi connectivity index (χ4n) is 16.3. The Kier molecular flexibility index (Phi) is 28.3. The monoisotopic (exact) mass is 1600 g/mol. The number of amides is 1. The molecule has 9 aromatic rings. The van der Waals surface area contributed by atoms with Gasteiger partial charge in [0.25, 0.3) is 0 Å². The van der Waals surface area contributed by atoms with Gasteiger partial charge in [-0.3, -0.25) is 19.4 Å². The van der Waals surface area contributed by atoms with Gasteiger partial charge < -0.3 is 72.0 Å². The summed E-state index contributed by atoms with van der Waals surface area (Å²) in [5.41, 5.74) is 17.4. The summed E-state index contributed by atoms with van der Waals surface area (Å²) in [5.74, 6) is 1.45. The number of halogens is 3. The third-order valence-electron chi connectivity index (χ3n) is 22.5. The Balaban J connectivity index is 0.000000166. The van der Waals surface area contributed by atoms with Gasteiger partial charge in [-0.25, -0.2) is 18.0 Å². The number of aromatic nitrogens is 2. The fourth-order valence-corrected chi connectivity index (χ4v) is 16.3. The summed E-state index contributed by atoms with van der Waals surface area (Å²) in [6, 6.07) is 37.7. The van der Waals surface area contributed by atoms with Gasteiger partial charge in [-0.1, -0.05) is 30.7 Å². The summed E-state index contributed by atoms with van der Waals surface area (Å²) in [6.45, 7) is 9.52. The SMILES string of the molecule is COc1cc(/C=C2/C(C)=C(CCC(=O)Cc3ccccn3)c3cc(F)ccc32)cc(OC)c1OC(=O)N1CCC(N2CCCCC2)CC1.COc1cc(/C=C2/C(C)=C(CCC(=O)Cc3cccn3C)c3cc(F)ccc32)cc(OC)c1B(O)O.COc1cc(/C=C2/C(C)=C(CCC(=O)c3ccco3)c3cc(F)ccc32)cc(OC)c1B(O)O. The number of hydrogen-bond donors (Lipinski definition) is 4. The number of furan rings is 1. The second-order valence-electron chi connectivity index (χ2n) is 29.7. The van der Waals surface area contributed by atoms with E-state index in [0.29, 0.717) is 80.5 Å². The number of ketones is 3. The minimum atomic E-state index is -1.76. The van der Waals surface area contributed by atoms with E-state index >= 15 is 0 Å². The Morgan fingerprint density at radius 3 is 1.32 bits per heavy atom. The molecule has 5 heterocycles. The van der Waals surface area contributed by atoms with Gasteiger partial charge in [0.05, 0.1) is 59.8 Å². The Labute approximate surface area is 686 Å². The molecule has 2 fully saturated rings. The summed E-state index contributed by atoms with van der Waals surface area (Å²) in [7, 11) is 7.23. The molecule has 14 rings (SSSR count). The van der Waals surface area contributed by atoms with Crippen molar-refractivity contribution in [3.8, 4) is 40.2 Å². The van der Waals surface area contributed by atoms with Crippen LogP contribution in [-0.2, 0) is 29.5 Å². The number of carbonyl (C=O) groups is 4. The molecule has 2 saturated heterocycles. The Hall–Kier alpha value is -11.7. The highest BCUT2D eigenvalue weighted by atomic mass is 19.1. The predicted octanol–water partition coefficient (Wildman–Crippen LogP) is 15.5. The number of allylic oxidation sites excluding steroid dienone is 9. The number of fused-ring (bicyclic) bond motifs is 3. The van der Waals surface area contributed by atoms with E-state index in [0.717, 1.165) is 132 Å².